The summed E-state index contributed by atoms with van der Waals surface area (Å²) in [6, 6.07) is 7.11. The molecule has 1 aromatic rings. The third-order valence-electron chi connectivity index (χ3n) is 4.22. The number of amides is 1. The van der Waals surface area contributed by atoms with Crippen LogP contribution < -0.4 is 10.6 Å². The van der Waals surface area contributed by atoms with Crippen LogP contribution in [0.2, 0.25) is 0 Å². The van der Waals surface area contributed by atoms with Gasteiger partial charge in [0.1, 0.15) is 0 Å². The number of benzene rings is 1. The van der Waals surface area contributed by atoms with Gasteiger partial charge in [0, 0.05) is 24.7 Å². The smallest absolute Gasteiger partial charge is 0.226 e. The number of oxime groups is 1. The Kier molecular flexibility index (Phi) is 5.20. The standard InChI is InChI=1S/C16H23N3O2/c1-19(15(20)11-12-5-3-2-4-6-12)14-9-7-13(8-10-14)16(17)18-21/h7-10,12,21H,2-6,11H2,1H3,(H2,17,18). The van der Waals surface area contributed by atoms with Crippen molar-refractivity contribution in [2.45, 2.75) is 38.5 Å². The van der Waals surface area contributed by atoms with Gasteiger partial charge in [-0.2, -0.15) is 0 Å². The molecular weight excluding hydrogens is 266 g/mol. The van der Waals surface area contributed by atoms with Gasteiger partial charge in [-0.25, -0.2) is 0 Å². The summed E-state index contributed by atoms with van der Waals surface area (Å²) in [5.74, 6) is 0.751. The van der Waals surface area contributed by atoms with Crippen molar-refractivity contribution in [1.82, 2.24) is 0 Å². The van der Waals surface area contributed by atoms with E-state index in [1.165, 1.54) is 32.1 Å². The SMILES string of the molecule is CN(C(=O)CC1CCCCC1)c1ccc(C(N)=NO)cc1. The average molecular weight is 289 g/mol. The van der Waals surface area contributed by atoms with Crippen molar-refractivity contribution in [3.05, 3.63) is 29.8 Å². The van der Waals surface area contributed by atoms with Crippen molar-refractivity contribution in [3.8, 4) is 0 Å². The Hall–Kier alpha value is -2.04. The van der Waals surface area contributed by atoms with E-state index in [-0.39, 0.29) is 11.7 Å². The Labute approximate surface area is 125 Å². The summed E-state index contributed by atoms with van der Waals surface area (Å²) in [6.45, 7) is 0. The van der Waals surface area contributed by atoms with E-state index in [9.17, 15) is 4.79 Å². The first-order valence-electron chi connectivity index (χ1n) is 7.46. The quantitative estimate of drug-likeness (QED) is 0.387. The lowest BCUT2D eigenvalue weighted by molar-refractivity contribution is -0.119. The molecule has 1 aromatic carbocycles. The summed E-state index contributed by atoms with van der Waals surface area (Å²) in [7, 11) is 1.80. The molecule has 0 aromatic heterocycles. The summed E-state index contributed by atoms with van der Waals surface area (Å²) in [6.07, 6.45) is 6.75. The summed E-state index contributed by atoms with van der Waals surface area (Å²) in [5.41, 5.74) is 6.98. The predicted octanol–water partition coefficient (Wildman–Crippen LogP) is 2.71. The molecule has 0 unspecified atom stereocenters. The van der Waals surface area contributed by atoms with Crippen molar-refractivity contribution in [3.63, 3.8) is 0 Å². The third-order valence-corrected chi connectivity index (χ3v) is 4.22. The molecule has 0 aliphatic heterocycles. The first kappa shape index (κ1) is 15.4. The Morgan fingerprint density at radius 3 is 2.48 bits per heavy atom. The number of rotatable bonds is 4. The zero-order valence-corrected chi connectivity index (χ0v) is 12.5. The van der Waals surface area contributed by atoms with E-state index < -0.39 is 0 Å². The van der Waals surface area contributed by atoms with Crippen LogP contribution in [-0.2, 0) is 4.79 Å². The molecule has 0 spiro atoms. The highest BCUT2D eigenvalue weighted by Gasteiger charge is 2.20. The Morgan fingerprint density at radius 1 is 1.29 bits per heavy atom. The van der Waals surface area contributed by atoms with E-state index in [0.29, 0.717) is 17.9 Å². The molecule has 1 amide bonds. The second-order valence-corrected chi connectivity index (χ2v) is 5.69. The maximum absolute atomic E-state index is 12.3. The van der Waals surface area contributed by atoms with Crippen LogP contribution in [0.4, 0.5) is 5.69 Å². The topological polar surface area (TPSA) is 78.9 Å². The molecule has 1 fully saturated rings. The number of carbonyl (C=O) groups excluding carboxylic acids is 1. The number of amidine groups is 1. The van der Waals surface area contributed by atoms with Crippen LogP contribution in [-0.4, -0.2) is 24.0 Å². The van der Waals surface area contributed by atoms with Gasteiger partial charge in [0.25, 0.3) is 0 Å². The van der Waals surface area contributed by atoms with E-state index in [1.54, 1.807) is 24.1 Å². The van der Waals surface area contributed by atoms with E-state index in [2.05, 4.69) is 5.16 Å². The van der Waals surface area contributed by atoms with Crippen LogP contribution in [0.5, 0.6) is 0 Å². The fourth-order valence-electron chi connectivity index (χ4n) is 2.83. The molecule has 21 heavy (non-hydrogen) atoms. The van der Waals surface area contributed by atoms with Crippen molar-refractivity contribution < 1.29 is 10.0 Å². The zero-order valence-electron chi connectivity index (χ0n) is 12.5. The molecule has 0 bridgehead atoms. The maximum Gasteiger partial charge on any atom is 0.226 e. The van der Waals surface area contributed by atoms with Crippen molar-refractivity contribution in [2.24, 2.45) is 16.8 Å². The Morgan fingerprint density at radius 2 is 1.90 bits per heavy atom. The number of anilines is 1. The third kappa shape index (κ3) is 3.97. The van der Waals surface area contributed by atoms with Crippen molar-refractivity contribution >= 4 is 17.4 Å². The monoisotopic (exact) mass is 289 g/mol. The molecular formula is C16H23N3O2. The summed E-state index contributed by atoms with van der Waals surface area (Å²) in [4.78, 5) is 14.0. The van der Waals surface area contributed by atoms with Gasteiger partial charge in [-0.15, -0.1) is 0 Å². The molecule has 0 saturated heterocycles. The zero-order chi connectivity index (χ0) is 15.2. The molecule has 114 valence electrons. The van der Waals surface area contributed by atoms with Gasteiger partial charge >= 0.3 is 0 Å². The molecule has 1 aliphatic carbocycles. The molecule has 2 rings (SSSR count). The minimum absolute atomic E-state index is 0.0673. The van der Waals surface area contributed by atoms with Gasteiger partial charge in [0.15, 0.2) is 5.84 Å². The average Bonchev–Trinajstić information content (AvgIpc) is 2.54. The van der Waals surface area contributed by atoms with Gasteiger partial charge < -0.3 is 15.8 Å². The second-order valence-electron chi connectivity index (χ2n) is 5.69. The highest BCUT2D eigenvalue weighted by molar-refractivity contribution is 5.98. The molecule has 0 atom stereocenters. The maximum atomic E-state index is 12.3. The molecule has 5 nitrogen and oxygen atoms in total. The Balaban J connectivity index is 1.98. The lowest BCUT2D eigenvalue weighted by Crippen LogP contribution is -2.28. The van der Waals surface area contributed by atoms with Crippen LogP contribution >= 0.6 is 0 Å². The molecule has 1 saturated carbocycles. The number of hydrogen-bond acceptors (Lipinski definition) is 3. The minimum atomic E-state index is 0.0673. The van der Waals surface area contributed by atoms with Crippen molar-refractivity contribution in [2.75, 3.05) is 11.9 Å². The van der Waals surface area contributed by atoms with Gasteiger partial charge in [-0.1, -0.05) is 24.4 Å². The molecule has 0 heterocycles. The second kappa shape index (κ2) is 7.11. The molecule has 1 aliphatic rings. The van der Waals surface area contributed by atoms with Crippen LogP contribution in [0.3, 0.4) is 0 Å². The van der Waals surface area contributed by atoms with Crippen molar-refractivity contribution in [1.29, 1.82) is 0 Å². The van der Waals surface area contributed by atoms with E-state index >= 15 is 0 Å². The van der Waals surface area contributed by atoms with Crippen LogP contribution in [0, 0.1) is 5.92 Å². The number of hydrogen-bond donors (Lipinski definition) is 2. The number of carbonyl (C=O) groups is 1. The fourth-order valence-corrected chi connectivity index (χ4v) is 2.83. The van der Waals surface area contributed by atoms with Gasteiger partial charge in [-0.05, 0) is 43.0 Å². The summed E-state index contributed by atoms with van der Waals surface area (Å²) in [5, 5.41) is 11.6. The fraction of sp³-hybridized carbons (Fsp3) is 0.500. The minimum Gasteiger partial charge on any atom is -0.409 e. The number of nitrogens with zero attached hydrogens (tertiary/aromatic N) is 2. The summed E-state index contributed by atoms with van der Waals surface area (Å²) < 4.78 is 0. The van der Waals surface area contributed by atoms with E-state index in [1.807, 2.05) is 12.1 Å². The predicted molar refractivity (Wildman–Crippen MR) is 83.6 cm³/mol. The van der Waals surface area contributed by atoms with Crippen LogP contribution in [0.1, 0.15) is 44.1 Å². The summed E-state index contributed by atoms with van der Waals surface area (Å²) >= 11 is 0. The first-order valence-corrected chi connectivity index (χ1v) is 7.46. The highest BCUT2D eigenvalue weighted by Crippen LogP contribution is 2.27. The lowest BCUT2D eigenvalue weighted by atomic mass is 9.86. The number of nitrogens with two attached hydrogens (primary N) is 1. The van der Waals surface area contributed by atoms with Gasteiger partial charge in [0.2, 0.25) is 5.91 Å². The molecule has 5 heteroatoms. The van der Waals surface area contributed by atoms with Crippen LogP contribution in [0.25, 0.3) is 0 Å². The molecule has 0 radical (unpaired) electrons. The Bertz CT molecular complexity index is 505. The van der Waals surface area contributed by atoms with Crippen LogP contribution in [0.15, 0.2) is 29.4 Å². The first-order chi connectivity index (χ1) is 10.1. The van der Waals surface area contributed by atoms with E-state index in [0.717, 1.165) is 5.69 Å². The van der Waals surface area contributed by atoms with Gasteiger partial charge in [-0.3, -0.25) is 4.79 Å². The lowest BCUT2D eigenvalue weighted by Gasteiger charge is -2.24. The largest absolute Gasteiger partial charge is 0.409 e. The normalized spacial score (nSPS) is 16.7. The van der Waals surface area contributed by atoms with E-state index in [4.69, 9.17) is 10.9 Å². The highest BCUT2D eigenvalue weighted by atomic mass is 16.4. The van der Waals surface area contributed by atoms with Gasteiger partial charge in [0.05, 0.1) is 0 Å². The molecule has 3 N–H and O–H groups in total.